The van der Waals surface area contributed by atoms with Crippen molar-refractivity contribution in [2.75, 3.05) is 19.0 Å². The van der Waals surface area contributed by atoms with E-state index < -0.39 is 17.9 Å². The third-order valence-corrected chi connectivity index (χ3v) is 3.13. The lowest BCUT2D eigenvalue weighted by molar-refractivity contribution is -0.140. The molecule has 0 fully saturated rings. The Morgan fingerprint density at radius 3 is 2.65 bits per heavy atom. The van der Waals surface area contributed by atoms with Gasteiger partial charge >= 0.3 is 12.0 Å². The molecule has 110 valence electrons. The molecule has 1 aromatic carbocycles. The van der Waals surface area contributed by atoms with Crippen LogP contribution in [0.15, 0.2) is 12.1 Å². The summed E-state index contributed by atoms with van der Waals surface area (Å²) >= 11 is 5.97. The number of aryl methyl sites for hydroxylation is 1. The summed E-state index contributed by atoms with van der Waals surface area (Å²) < 4.78 is 5.12. The number of carboxylic acids is 1. The number of halogens is 1. The highest BCUT2D eigenvalue weighted by molar-refractivity contribution is 6.31. The molecule has 2 amide bonds. The normalized spacial score (nSPS) is 11.6. The Morgan fingerprint density at radius 1 is 1.45 bits per heavy atom. The Labute approximate surface area is 122 Å². The summed E-state index contributed by atoms with van der Waals surface area (Å²) in [5.74, 6) is -1.19. The Hall–Kier alpha value is -1.95. The first-order valence-corrected chi connectivity index (χ1v) is 6.34. The van der Waals surface area contributed by atoms with E-state index in [1.807, 2.05) is 0 Å². The van der Waals surface area contributed by atoms with Gasteiger partial charge in [0.15, 0.2) is 0 Å². The van der Waals surface area contributed by atoms with Crippen LogP contribution in [-0.4, -0.2) is 30.8 Å². The van der Waals surface area contributed by atoms with Crippen LogP contribution in [0.2, 0.25) is 5.02 Å². The van der Waals surface area contributed by atoms with Crippen LogP contribution in [0, 0.1) is 12.8 Å². The van der Waals surface area contributed by atoms with Gasteiger partial charge in [-0.2, -0.15) is 0 Å². The Kier molecular flexibility index (Phi) is 5.64. The van der Waals surface area contributed by atoms with Crippen LogP contribution in [0.4, 0.5) is 10.5 Å². The van der Waals surface area contributed by atoms with Crippen molar-refractivity contribution in [3.63, 3.8) is 0 Å². The molecule has 0 bridgehead atoms. The molecule has 7 heteroatoms. The summed E-state index contributed by atoms with van der Waals surface area (Å²) in [5.41, 5.74) is 1.26. The van der Waals surface area contributed by atoms with E-state index >= 15 is 0 Å². The number of anilines is 1. The first-order chi connectivity index (χ1) is 9.35. The first kappa shape index (κ1) is 16.1. The van der Waals surface area contributed by atoms with Crippen molar-refractivity contribution in [2.45, 2.75) is 13.8 Å². The predicted molar refractivity (Wildman–Crippen MR) is 76.6 cm³/mol. The minimum Gasteiger partial charge on any atom is -0.495 e. The van der Waals surface area contributed by atoms with Crippen molar-refractivity contribution in [1.82, 2.24) is 5.32 Å². The summed E-state index contributed by atoms with van der Waals surface area (Å²) in [6, 6.07) is 2.78. The average Bonchev–Trinajstić information content (AvgIpc) is 2.39. The molecule has 0 saturated carbocycles. The van der Waals surface area contributed by atoms with Gasteiger partial charge in [-0.05, 0) is 18.6 Å². The Morgan fingerprint density at radius 2 is 2.10 bits per heavy atom. The van der Waals surface area contributed by atoms with Gasteiger partial charge in [-0.1, -0.05) is 18.5 Å². The number of carbonyl (C=O) groups excluding carboxylic acids is 1. The summed E-state index contributed by atoms with van der Waals surface area (Å²) in [5, 5.41) is 14.3. The highest BCUT2D eigenvalue weighted by atomic mass is 35.5. The van der Waals surface area contributed by atoms with E-state index in [1.54, 1.807) is 19.1 Å². The molecule has 1 unspecified atom stereocenters. The fraction of sp³-hybridized carbons (Fsp3) is 0.385. The van der Waals surface area contributed by atoms with Gasteiger partial charge in [0.1, 0.15) is 5.75 Å². The molecule has 0 aliphatic carbocycles. The van der Waals surface area contributed by atoms with Crippen molar-refractivity contribution >= 4 is 29.3 Å². The smallest absolute Gasteiger partial charge is 0.319 e. The second-order valence-corrected chi connectivity index (χ2v) is 4.78. The Bertz CT molecular complexity index is 519. The van der Waals surface area contributed by atoms with Crippen LogP contribution in [0.1, 0.15) is 12.5 Å². The highest BCUT2D eigenvalue weighted by Gasteiger charge is 2.14. The second-order valence-electron chi connectivity index (χ2n) is 4.38. The third-order valence-electron chi connectivity index (χ3n) is 2.72. The van der Waals surface area contributed by atoms with Gasteiger partial charge in [0, 0.05) is 17.6 Å². The quantitative estimate of drug-likeness (QED) is 0.779. The van der Waals surface area contributed by atoms with Crippen LogP contribution in [0.5, 0.6) is 5.75 Å². The molecule has 1 atom stereocenters. The van der Waals surface area contributed by atoms with Gasteiger partial charge in [-0.3, -0.25) is 4.79 Å². The molecule has 6 nitrogen and oxygen atoms in total. The number of methoxy groups -OCH3 is 1. The molecule has 1 aromatic rings. The fourth-order valence-corrected chi connectivity index (χ4v) is 1.58. The SMILES string of the molecule is COc1cc(Cl)c(C)cc1NC(=O)NCC(C)C(=O)O. The minimum atomic E-state index is -0.967. The molecule has 0 radical (unpaired) electrons. The predicted octanol–water partition coefficient (Wildman–Crippen LogP) is 2.50. The Balaban J connectivity index is 2.71. The lowest BCUT2D eigenvalue weighted by Crippen LogP contribution is -2.34. The molecule has 0 aliphatic rings. The van der Waals surface area contributed by atoms with Gasteiger partial charge in [-0.15, -0.1) is 0 Å². The van der Waals surface area contributed by atoms with Crippen LogP contribution in [0.3, 0.4) is 0 Å². The fourth-order valence-electron chi connectivity index (χ4n) is 1.43. The van der Waals surface area contributed by atoms with E-state index in [1.165, 1.54) is 14.0 Å². The largest absolute Gasteiger partial charge is 0.495 e. The molecule has 0 heterocycles. The third kappa shape index (κ3) is 4.31. The average molecular weight is 301 g/mol. The van der Waals surface area contributed by atoms with Crippen LogP contribution < -0.4 is 15.4 Å². The number of carbonyl (C=O) groups is 2. The number of urea groups is 1. The number of rotatable bonds is 5. The second kappa shape index (κ2) is 7.00. The van der Waals surface area contributed by atoms with E-state index in [-0.39, 0.29) is 6.54 Å². The molecule has 3 N–H and O–H groups in total. The minimum absolute atomic E-state index is 0.0378. The number of hydrogen-bond donors (Lipinski definition) is 3. The molecular weight excluding hydrogens is 284 g/mol. The van der Waals surface area contributed by atoms with Crippen molar-refractivity contribution < 1.29 is 19.4 Å². The number of hydrogen-bond acceptors (Lipinski definition) is 3. The summed E-state index contributed by atoms with van der Waals surface area (Å²) in [6.07, 6.45) is 0. The monoisotopic (exact) mass is 300 g/mol. The summed E-state index contributed by atoms with van der Waals surface area (Å²) in [6.45, 7) is 3.35. The lowest BCUT2D eigenvalue weighted by Gasteiger charge is -2.13. The van der Waals surface area contributed by atoms with E-state index in [9.17, 15) is 9.59 Å². The van der Waals surface area contributed by atoms with Crippen LogP contribution in [0.25, 0.3) is 0 Å². The van der Waals surface area contributed by atoms with Crippen LogP contribution >= 0.6 is 11.6 Å². The van der Waals surface area contributed by atoms with Gasteiger partial charge in [0.25, 0.3) is 0 Å². The molecule has 0 saturated heterocycles. The van der Waals surface area contributed by atoms with Crippen LogP contribution in [-0.2, 0) is 4.79 Å². The zero-order valence-electron chi connectivity index (χ0n) is 11.5. The molecule has 0 aromatic heterocycles. The van der Waals surface area contributed by atoms with E-state index in [4.69, 9.17) is 21.4 Å². The number of ether oxygens (including phenoxy) is 1. The summed E-state index contributed by atoms with van der Waals surface area (Å²) in [4.78, 5) is 22.3. The van der Waals surface area contributed by atoms with Crippen molar-refractivity contribution in [1.29, 1.82) is 0 Å². The maximum atomic E-state index is 11.7. The number of carboxylic acid groups (broad SMARTS) is 1. The molecule has 1 rings (SSSR count). The zero-order valence-corrected chi connectivity index (χ0v) is 12.2. The van der Waals surface area contributed by atoms with E-state index in [2.05, 4.69) is 10.6 Å². The maximum absolute atomic E-state index is 11.7. The van der Waals surface area contributed by atoms with Crippen molar-refractivity contribution in [3.8, 4) is 5.75 Å². The molecule has 20 heavy (non-hydrogen) atoms. The summed E-state index contributed by atoms with van der Waals surface area (Å²) in [7, 11) is 1.47. The maximum Gasteiger partial charge on any atom is 0.319 e. The van der Waals surface area contributed by atoms with Gasteiger partial charge in [0.05, 0.1) is 18.7 Å². The standard InChI is InChI=1S/C13H17ClN2O4/c1-7-4-10(11(20-3)5-9(7)14)16-13(19)15-6-8(2)12(17)18/h4-5,8H,6H2,1-3H3,(H,17,18)(H2,15,16,19). The number of nitrogens with one attached hydrogen (secondary N) is 2. The van der Waals surface area contributed by atoms with E-state index in [0.717, 1.165) is 5.56 Å². The van der Waals surface area contributed by atoms with Gasteiger partial charge < -0.3 is 20.5 Å². The molecular formula is C13H17ClN2O4. The molecule has 0 spiro atoms. The molecule has 0 aliphatic heterocycles. The number of benzene rings is 1. The lowest BCUT2D eigenvalue weighted by atomic mass is 10.2. The zero-order chi connectivity index (χ0) is 15.3. The number of aliphatic carboxylic acids is 1. The van der Waals surface area contributed by atoms with Gasteiger partial charge in [0.2, 0.25) is 0 Å². The highest BCUT2D eigenvalue weighted by Crippen LogP contribution is 2.30. The topological polar surface area (TPSA) is 87.7 Å². The van der Waals surface area contributed by atoms with E-state index in [0.29, 0.717) is 16.5 Å². The first-order valence-electron chi connectivity index (χ1n) is 5.97. The van der Waals surface area contributed by atoms with Crippen molar-refractivity contribution in [3.05, 3.63) is 22.7 Å². The van der Waals surface area contributed by atoms with Crippen molar-refractivity contribution in [2.24, 2.45) is 5.92 Å². The van der Waals surface area contributed by atoms with Gasteiger partial charge in [-0.25, -0.2) is 4.79 Å². The number of amides is 2.